The Balaban J connectivity index is 2.45. The van der Waals surface area contributed by atoms with Crippen molar-refractivity contribution in [2.75, 3.05) is 18.0 Å². The zero-order valence-electron chi connectivity index (χ0n) is 11.1. The maximum atomic E-state index is 9.97. The van der Waals surface area contributed by atoms with Gasteiger partial charge in [-0.2, -0.15) is 0 Å². The maximum absolute atomic E-state index is 9.97. The molecule has 0 saturated carbocycles. The number of anilines is 1. The van der Waals surface area contributed by atoms with Gasteiger partial charge in [-0.15, -0.1) is 0 Å². The molecule has 0 saturated heterocycles. The van der Waals surface area contributed by atoms with Gasteiger partial charge in [0.2, 0.25) is 0 Å². The predicted molar refractivity (Wildman–Crippen MR) is 73.7 cm³/mol. The number of rotatable bonds is 4. The van der Waals surface area contributed by atoms with Crippen LogP contribution in [0.15, 0.2) is 30.6 Å². The lowest BCUT2D eigenvalue weighted by atomic mass is 10.1. The highest BCUT2D eigenvalue weighted by atomic mass is 16.3. The quantitative estimate of drug-likeness (QED) is 0.897. The molecule has 4 nitrogen and oxygen atoms in total. The minimum atomic E-state index is -0.748. The second-order valence-corrected chi connectivity index (χ2v) is 5.04. The van der Waals surface area contributed by atoms with E-state index in [9.17, 15) is 5.11 Å². The highest BCUT2D eigenvalue weighted by Gasteiger charge is 2.19. The molecule has 0 aliphatic rings. The van der Waals surface area contributed by atoms with Crippen molar-refractivity contribution >= 4 is 16.7 Å². The third-order valence-electron chi connectivity index (χ3n) is 2.78. The molecular formula is C14H19N3O. The number of aromatic nitrogens is 2. The van der Waals surface area contributed by atoms with Crippen LogP contribution in [0.4, 0.5) is 5.82 Å². The number of hydrogen-bond acceptors (Lipinski definition) is 4. The minimum Gasteiger partial charge on any atom is -0.389 e. The van der Waals surface area contributed by atoms with Crippen LogP contribution in [0.3, 0.4) is 0 Å². The molecule has 1 aromatic heterocycles. The Kier molecular flexibility index (Phi) is 3.48. The molecule has 1 heterocycles. The average molecular weight is 245 g/mol. The van der Waals surface area contributed by atoms with Crippen molar-refractivity contribution < 1.29 is 5.11 Å². The van der Waals surface area contributed by atoms with Crippen molar-refractivity contribution in [3.63, 3.8) is 0 Å². The first-order chi connectivity index (χ1) is 8.51. The van der Waals surface area contributed by atoms with Crippen molar-refractivity contribution in [1.82, 2.24) is 9.97 Å². The first-order valence-electron chi connectivity index (χ1n) is 6.18. The van der Waals surface area contributed by atoms with Gasteiger partial charge in [-0.1, -0.05) is 12.1 Å². The first kappa shape index (κ1) is 12.8. The van der Waals surface area contributed by atoms with E-state index < -0.39 is 5.60 Å². The lowest BCUT2D eigenvalue weighted by molar-refractivity contribution is 0.0875. The second-order valence-electron chi connectivity index (χ2n) is 5.04. The predicted octanol–water partition coefficient (Wildman–Crippen LogP) is 2.23. The Hall–Kier alpha value is -1.68. The minimum absolute atomic E-state index is 0.546. The highest BCUT2D eigenvalue weighted by molar-refractivity contribution is 5.89. The first-order valence-corrected chi connectivity index (χ1v) is 6.18. The zero-order valence-corrected chi connectivity index (χ0v) is 11.1. The third kappa shape index (κ3) is 2.76. The number of hydrogen-bond donors (Lipinski definition) is 1. The van der Waals surface area contributed by atoms with E-state index in [4.69, 9.17) is 0 Å². The molecular weight excluding hydrogens is 226 g/mol. The fourth-order valence-electron chi connectivity index (χ4n) is 2.05. The SMILES string of the molecule is CCN(CC(C)(C)O)c1ncnc2ccccc12. The molecule has 0 aliphatic carbocycles. The Labute approximate surface area is 107 Å². The molecule has 96 valence electrons. The van der Waals surface area contributed by atoms with Crippen LogP contribution in [-0.2, 0) is 0 Å². The normalized spacial score (nSPS) is 11.8. The van der Waals surface area contributed by atoms with Crippen molar-refractivity contribution in [3.8, 4) is 0 Å². The van der Waals surface area contributed by atoms with Gasteiger partial charge in [0.25, 0.3) is 0 Å². The largest absolute Gasteiger partial charge is 0.389 e. The molecule has 2 aromatic rings. The van der Waals surface area contributed by atoms with Crippen LogP contribution in [-0.4, -0.2) is 33.8 Å². The average Bonchev–Trinajstić information content (AvgIpc) is 2.34. The Morgan fingerprint density at radius 3 is 2.61 bits per heavy atom. The van der Waals surface area contributed by atoms with E-state index in [1.165, 1.54) is 0 Å². The molecule has 0 aliphatic heterocycles. The molecule has 1 N–H and O–H groups in total. The van der Waals surface area contributed by atoms with Gasteiger partial charge in [0.15, 0.2) is 0 Å². The van der Waals surface area contributed by atoms with Gasteiger partial charge in [0.1, 0.15) is 12.1 Å². The summed E-state index contributed by atoms with van der Waals surface area (Å²) < 4.78 is 0. The Morgan fingerprint density at radius 1 is 1.22 bits per heavy atom. The van der Waals surface area contributed by atoms with Crippen LogP contribution < -0.4 is 4.90 Å². The van der Waals surface area contributed by atoms with Crippen LogP contribution in [0, 0.1) is 0 Å². The van der Waals surface area contributed by atoms with Crippen molar-refractivity contribution in [2.24, 2.45) is 0 Å². The van der Waals surface area contributed by atoms with Crippen molar-refractivity contribution in [1.29, 1.82) is 0 Å². The summed E-state index contributed by atoms with van der Waals surface area (Å²) in [5, 5.41) is 11.0. The molecule has 0 spiro atoms. The van der Waals surface area contributed by atoms with E-state index in [1.54, 1.807) is 20.2 Å². The van der Waals surface area contributed by atoms with Gasteiger partial charge in [-0.3, -0.25) is 0 Å². The fraction of sp³-hybridized carbons (Fsp3) is 0.429. The van der Waals surface area contributed by atoms with Gasteiger partial charge >= 0.3 is 0 Å². The maximum Gasteiger partial charge on any atom is 0.139 e. The number of likely N-dealkylation sites (N-methyl/N-ethyl adjacent to an activating group) is 1. The monoisotopic (exact) mass is 245 g/mol. The summed E-state index contributed by atoms with van der Waals surface area (Å²) in [5.74, 6) is 0.880. The van der Waals surface area contributed by atoms with E-state index in [-0.39, 0.29) is 0 Å². The highest BCUT2D eigenvalue weighted by Crippen LogP contribution is 2.23. The standard InChI is InChI=1S/C14H19N3O/c1-4-17(9-14(2,3)18)13-11-7-5-6-8-12(11)15-10-16-13/h5-8,10,18H,4,9H2,1-3H3. The number of fused-ring (bicyclic) bond motifs is 1. The van der Waals surface area contributed by atoms with Crippen LogP contribution in [0.25, 0.3) is 10.9 Å². The lowest BCUT2D eigenvalue weighted by Crippen LogP contribution is -2.39. The topological polar surface area (TPSA) is 49.2 Å². The van der Waals surface area contributed by atoms with Crippen molar-refractivity contribution in [3.05, 3.63) is 30.6 Å². The van der Waals surface area contributed by atoms with Gasteiger partial charge in [-0.25, -0.2) is 9.97 Å². The second kappa shape index (κ2) is 4.90. The molecule has 0 amide bonds. The summed E-state index contributed by atoms with van der Waals surface area (Å²) >= 11 is 0. The van der Waals surface area contributed by atoms with E-state index in [1.807, 2.05) is 24.3 Å². The number of benzene rings is 1. The number of aliphatic hydroxyl groups is 1. The van der Waals surface area contributed by atoms with E-state index in [0.29, 0.717) is 6.54 Å². The van der Waals surface area contributed by atoms with Crippen LogP contribution in [0.5, 0.6) is 0 Å². The summed E-state index contributed by atoms with van der Waals surface area (Å²) in [6.07, 6.45) is 1.57. The molecule has 0 fully saturated rings. The van der Waals surface area contributed by atoms with Crippen LogP contribution >= 0.6 is 0 Å². The molecule has 2 rings (SSSR count). The van der Waals surface area contributed by atoms with Crippen molar-refractivity contribution in [2.45, 2.75) is 26.4 Å². The Morgan fingerprint density at radius 2 is 1.94 bits per heavy atom. The third-order valence-corrected chi connectivity index (χ3v) is 2.78. The van der Waals surface area contributed by atoms with Crippen LogP contribution in [0.1, 0.15) is 20.8 Å². The molecule has 0 atom stereocenters. The molecule has 0 unspecified atom stereocenters. The van der Waals surface area contributed by atoms with E-state index in [2.05, 4.69) is 21.8 Å². The number of nitrogens with zero attached hydrogens (tertiary/aromatic N) is 3. The lowest BCUT2D eigenvalue weighted by Gasteiger charge is -2.29. The molecule has 0 bridgehead atoms. The summed E-state index contributed by atoms with van der Waals surface area (Å²) in [5.41, 5.74) is 0.180. The molecule has 0 radical (unpaired) electrons. The Bertz CT molecular complexity index is 529. The van der Waals surface area contributed by atoms with Gasteiger partial charge in [0.05, 0.1) is 11.1 Å². The summed E-state index contributed by atoms with van der Waals surface area (Å²) in [4.78, 5) is 10.7. The van der Waals surface area contributed by atoms with Crippen LogP contribution in [0.2, 0.25) is 0 Å². The molecule has 1 aromatic carbocycles. The summed E-state index contributed by atoms with van der Waals surface area (Å²) in [6.45, 7) is 7.01. The fourth-order valence-corrected chi connectivity index (χ4v) is 2.05. The van der Waals surface area contributed by atoms with E-state index in [0.717, 1.165) is 23.3 Å². The zero-order chi connectivity index (χ0) is 13.2. The molecule has 18 heavy (non-hydrogen) atoms. The van der Waals surface area contributed by atoms with E-state index >= 15 is 0 Å². The smallest absolute Gasteiger partial charge is 0.139 e. The number of para-hydroxylation sites is 1. The summed E-state index contributed by atoms with van der Waals surface area (Å²) in [6, 6.07) is 7.93. The molecule has 4 heteroatoms. The summed E-state index contributed by atoms with van der Waals surface area (Å²) in [7, 11) is 0. The van der Waals surface area contributed by atoms with Gasteiger partial charge in [-0.05, 0) is 32.9 Å². The van der Waals surface area contributed by atoms with Gasteiger partial charge in [0, 0.05) is 18.5 Å². The van der Waals surface area contributed by atoms with Gasteiger partial charge < -0.3 is 10.0 Å².